The van der Waals surface area contributed by atoms with E-state index >= 15 is 0 Å². The molecule has 1 aromatic rings. The van der Waals surface area contributed by atoms with Gasteiger partial charge in [-0.15, -0.1) is 0 Å². The van der Waals surface area contributed by atoms with E-state index in [1.54, 1.807) is 0 Å². The van der Waals surface area contributed by atoms with Crippen LogP contribution in [-0.4, -0.2) is 6.54 Å². The highest BCUT2D eigenvalue weighted by Crippen LogP contribution is 2.72. The molecule has 3 saturated carbocycles. The summed E-state index contributed by atoms with van der Waals surface area (Å²) in [6.45, 7) is 3.32. The molecule has 0 saturated heterocycles. The van der Waals surface area contributed by atoms with E-state index in [4.69, 9.17) is 4.42 Å². The summed E-state index contributed by atoms with van der Waals surface area (Å²) < 4.78 is 6.91. The molecule has 1 N–H and O–H groups in total. The van der Waals surface area contributed by atoms with Crippen molar-refractivity contribution in [3.63, 3.8) is 0 Å². The van der Waals surface area contributed by atoms with E-state index in [0.717, 1.165) is 46.4 Å². The van der Waals surface area contributed by atoms with E-state index in [2.05, 4.69) is 28.2 Å². The Hall–Kier alpha value is -0.280. The summed E-state index contributed by atoms with van der Waals surface area (Å²) >= 11 is 3.65. The van der Waals surface area contributed by atoms with Gasteiger partial charge >= 0.3 is 0 Å². The van der Waals surface area contributed by atoms with Crippen molar-refractivity contribution in [1.29, 1.82) is 0 Å². The molecular formula is C16H22BrNO. The van der Waals surface area contributed by atoms with Crippen LogP contribution in [0.2, 0.25) is 0 Å². The minimum Gasteiger partial charge on any atom is -0.466 e. The molecule has 104 valence electrons. The lowest BCUT2D eigenvalue weighted by Gasteiger charge is -2.20. The molecule has 5 atom stereocenters. The third-order valence-electron chi connectivity index (χ3n) is 5.72. The molecule has 3 fully saturated rings. The number of hydrogen-bond donors (Lipinski definition) is 1. The predicted molar refractivity (Wildman–Crippen MR) is 78.7 cm³/mol. The number of nitrogens with one attached hydrogen (secondary N) is 1. The molecule has 19 heavy (non-hydrogen) atoms. The number of halogens is 1. The maximum absolute atomic E-state index is 5.77. The normalized spacial score (nSPS) is 40.4. The molecule has 4 rings (SSSR count). The van der Waals surface area contributed by atoms with E-state index < -0.39 is 0 Å². The highest BCUT2D eigenvalue weighted by Gasteiger charge is 2.67. The van der Waals surface area contributed by atoms with Gasteiger partial charge in [0.25, 0.3) is 0 Å². The van der Waals surface area contributed by atoms with Gasteiger partial charge in [-0.2, -0.15) is 0 Å². The van der Waals surface area contributed by atoms with Gasteiger partial charge in [0.05, 0.1) is 16.8 Å². The Labute approximate surface area is 123 Å². The Kier molecular flexibility index (Phi) is 3.03. The van der Waals surface area contributed by atoms with Crippen molar-refractivity contribution in [1.82, 2.24) is 5.32 Å². The number of furan rings is 1. The summed E-state index contributed by atoms with van der Waals surface area (Å²) in [6.07, 6.45) is 7.49. The topological polar surface area (TPSA) is 25.2 Å². The standard InChI is InChI=1S/C16H22BrNO/c1-2-6-18-15(16-11(17)5-7-19-16)14-12-9-3-4-10(8-9)13(12)14/h5,7,9-10,12-15,18H,2-4,6,8H2,1H3. The minimum absolute atomic E-state index is 0.433. The Balaban J connectivity index is 1.57. The van der Waals surface area contributed by atoms with Crippen molar-refractivity contribution >= 4 is 15.9 Å². The van der Waals surface area contributed by atoms with Crippen LogP contribution in [0.3, 0.4) is 0 Å². The van der Waals surface area contributed by atoms with Crippen LogP contribution in [0.1, 0.15) is 44.4 Å². The van der Waals surface area contributed by atoms with Crippen LogP contribution in [0.25, 0.3) is 0 Å². The largest absolute Gasteiger partial charge is 0.466 e. The average molecular weight is 324 g/mol. The van der Waals surface area contributed by atoms with Gasteiger partial charge in [-0.3, -0.25) is 0 Å². The second-order valence-corrected chi connectivity index (χ2v) is 7.48. The zero-order valence-corrected chi connectivity index (χ0v) is 13.0. The molecule has 0 amide bonds. The highest BCUT2D eigenvalue weighted by molar-refractivity contribution is 9.10. The summed E-state index contributed by atoms with van der Waals surface area (Å²) in [7, 11) is 0. The Morgan fingerprint density at radius 2 is 2.11 bits per heavy atom. The molecule has 0 radical (unpaired) electrons. The summed E-state index contributed by atoms with van der Waals surface area (Å²) in [5.74, 6) is 6.00. The molecule has 0 aliphatic heterocycles. The highest BCUT2D eigenvalue weighted by atomic mass is 79.9. The van der Waals surface area contributed by atoms with Crippen LogP contribution in [0.5, 0.6) is 0 Å². The summed E-state index contributed by atoms with van der Waals surface area (Å²) in [5.41, 5.74) is 0. The van der Waals surface area contributed by atoms with Crippen molar-refractivity contribution in [2.24, 2.45) is 29.6 Å². The van der Waals surface area contributed by atoms with Crippen molar-refractivity contribution in [2.75, 3.05) is 6.54 Å². The van der Waals surface area contributed by atoms with Crippen LogP contribution in [0.15, 0.2) is 21.2 Å². The lowest BCUT2D eigenvalue weighted by molar-refractivity contribution is 0.323. The van der Waals surface area contributed by atoms with Crippen molar-refractivity contribution in [3.05, 3.63) is 22.6 Å². The Bertz CT molecular complexity index is 455. The average Bonchev–Trinajstić information content (AvgIpc) is 2.78. The number of rotatable bonds is 5. The molecule has 3 heteroatoms. The lowest BCUT2D eigenvalue weighted by atomic mass is 9.96. The predicted octanol–water partition coefficient (Wildman–Crippen LogP) is 4.37. The zero-order valence-electron chi connectivity index (χ0n) is 11.4. The maximum Gasteiger partial charge on any atom is 0.135 e. The maximum atomic E-state index is 5.77. The fraction of sp³-hybridized carbons (Fsp3) is 0.750. The molecule has 2 bridgehead atoms. The van der Waals surface area contributed by atoms with Crippen molar-refractivity contribution in [2.45, 2.75) is 38.6 Å². The smallest absolute Gasteiger partial charge is 0.135 e. The third kappa shape index (κ3) is 1.84. The van der Waals surface area contributed by atoms with Gasteiger partial charge in [-0.25, -0.2) is 0 Å². The quantitative estimate of drug-likeness (QED) is 0.870. The lowest BCUT2D eigenvalue weighted by Crippen LogP contribution is -2.26. The zero-order chi connectivity index (χ0) is 13.0. The monoisotopic (exact) mass is 323 g/mol. The van der Waals surface area contributed by atoms with Gasteiger partial charge in [-0.05, 0) is 83.8 Å². The first-order valence-electron chi connectivity index (χ1n) is 7.77. The van der Waals surface area contributed by atoms with Crippen LogP contribution < -0.4 is 5.32 Å². The fourth-order valence-electron chi connectivity index (χ4n) is 5.07. The fourth-order valence-corrected chi connectivity index (χ4v) is 5.52. The molecule has 3 aliphatic carbocycles. The third-order valence-corrected chi connectivity index (χ3v) is 6.38. The molecule has 5 unspecified atom stereocenters. The van der Waals surface area contributed by atoms with E-state index in [0.29, 0.717) is 6.04 Å². The van der Waals surface area contributed by atoms with Crippen LogP contribution in [-0.2, 0) is 0 Å². The van der Waals surface area contributed by atoms with Crippen molar-refractivity contribution < 1.29 is 4.42 Å². The van der Waals surface area contributed by atoms with E-state index in [-0.39, 0.29) is 0 Å². The number of fused-ring (bicyclic) bond motifs is 5. The van der Waals surface area contributed by atoms with Gasteiger partial charge in [0.2, 0.25) is 0 Å². The van der Waals surface area contributed by atoms with Gasteiger partial charge in [0.1, 0.15) is 5.76 Å². The molecule has 1 aromatic heterocycles. The first kappa shape index (κ1) is 12.5. The van der Waals surface area contributed by atoms with E-state index in [1.165, 1.54) is 25.7 Å². The summed E-state index contributed by atoms with van der Waals surface area (Å²) in [6, 6.07) is 2.46. The van der Waals surface area contributed by atoms with E-state index in [1.807, 2.05) is 12.3 Å². The molecule has 0 aromatic carbocycles. The van der Waals surface area contributed by atoms with Gasteiger partial charge in [-0.1, -0.05) is 6.92 Å². The van der Waals surface area contributed by atoms with Crippen LogP contribution >= 0.6 is 15.9 Å². The SMILES string of the molecule is CCCNC(c1occc1Br)C1C2C3CCC(C3)C21. The Morgan fingerprint density at radius 3 is 2.68 bits per heavy atom. The first-order chi connectivity index (χ1) is 9.31. The first-order valence-corrected chi connectivity index (χ1v) is 8.56. The second-order valence-electron chi connectivity index (χ2n) is 6.63. The molecule has 2 nitrogen and oxygen atoms in total. The van der Waals surface area contributed by atoms with Gasteiger partial charge < -0.3 is 9.73 Å². The summed E-state index contributed by atoms with van der Waals surface area (Å²) in [4.78, 5) is 0. The number of hydrogen-bond acceptors (Lipinski definition) is 2. The van der Waals surface area contributed by atoms with Gasteiger partial charge in [0.15, 0.2) is 0 Å². The summed E-state index contributed by atoms with van der Waals surface area (Å²) in [5, 5.41) is 3.75. The van der Waals surface area contributed by atoms with Crippen molar-refractivity contribution in [3.8, 4) is 0 Å². The second kappa shape index (κ2) is 4.63. The molecule has 1 heterocycles. The molecular weight excluding hydrogens is 302 g/mol. The van der Waals surface area contributed by atoms with Gasteiger partial charge in [0, 0.05) is 0 Å². The van der Waals surface area contributed by atoms with Crippen LogP contribution in [0.4, 0.5) is 0 Å². The molecule has 3 aliphatic rings. The molecule has 0 spiro atoms. The Morgan fingerprint density at radius 1 is 1.37 bits per heavy atom. The van der Waals surface area contributed by atoms with E-state index in [9.17, 15) is 0 Å². The minimum atomic E-state index is 0.433. The van der Waals surface area contributed by atoms with Crippen LogP contribution in [0, 0.1) is 29.6 Å².